The van der Waals surface area contributed by atoms with Gasteiger partial charge in [0.2, 0.25) is 5.79 Å². The van der Waals surface area contributed by atoms with Crippen LogP contribution in [0.5, 0.6) is 0 Å². The molecule has 5 nitrogen and oxygen atoms in total. The molecular formula is C4H13NO4. The molecule has 0 rings (SSSR count). The van der Waals surface area contributed by atoms with Crippen LogP contribution in [-0.2, 0) is 0 Å². The van der Waals surface area contributed by atoms with Gasteiger partial charge in [0.1, 0.15) is 12.6 Å². The summed E-state index contributed by atoms with van der Waals surface area (Å²) in [5.74, 6) is -2.01. The summed E-state index contributed by atoms with van der Waals surface area (Å²) in [4.78, 5) is 0. The lowest BCUT2D eigenvalue weighted by Crippen LogP contribution is -2.65. The number of hydrogen-bond donors (Lipinski definition) is 4. The highest BCUT2D eigenvalue weighted by Gasteiger charge is 2.29. The van der Waals surface area contributed by atoms with E-state index in [0.29, 0.717) is 0 Å². The minimum atomic E-state index is -2.01. The molecule has 0 heterocycles. The highest BCUT2D eigenvalue weighted by Crippen LogP contribution is 2.00. The fourth-order valence-corrected chi connectivity index (χ4v) is 0.209. The van der Waals surface area contributed by atoms with E-state index in [0.717, 1.165) is 0 Å². The van der Waals surface area contributed by atoms with Crippen molar-refractivity contribution in [2.45, 2.75) is 18.8 Å². The fraction of sp³-hybridized carbons (Fsp3) is 1.00. The molecule has 0 radical (unpaired) electrons. The highest BCUT2D eigenvalue weighted by atomic mass is 16.5. The van der Waals surface area contributed by atoms with Crippen molar-refractivity contribution >= 4 is 0 Å². The summed E-state index contributed by atoms with van der Waals surface area (Å²) < 4.78 is 0. The first-order chi connectivity index (χ1) is 3.50. The third kappa shape index (κ3) is 3.39. The number of hydrogen-bond acceptors (Lipinski definition) is 4. The first kappa shape index (κ1) is 11.6. The molecule has 0 aliphatic carbocycles. The monoisotopic (exact) mass is 139 g/mol. The second-order valence-electron chi connectivity index (χ2n) is 1.80. The van der Waals surface area contributed by atoms with E-state index in [9.17, 15) is 0 Å². The van der Waals surface area contributed by atoms with Crippen LogP contribution in [0.15, 0.2) is 0 Å². The van der Waals surface area contributed by atoms with Crippen LogP contribution in [0.4, 0.5) is 0 Å². The Labute approximate surface area is 53.0 Å². The lowest BCUT2D eigenvalue weighted by molar-refractivity contribution is -0.439. The minimum absolute atomic E-state index is 0. The molecule has 0 amide bonds. The lowest BCUT2D eigenvalue weighted by Gasteiger charge is -2.19. The van der Waals surface area contributed by atoms with Crippen molar-refractivity contribution in [3.63, 3.8) is 0 Å². The summed E-state index contributed by atoms with van der Waals surface area (Å²) in [5.41, 5.74) is 3.22. The molecule has 0 aromatic carbocycles. The molecule has 0 aliphatic heterocycles. The van der Waals surface area contributed by atoms with E-state index in [1.807, 2.05) is 0 Å². The number of aliphatic hydroxyl groups excluding tert-OH is 1. The quantitative estimate of drug-likeness (QED) is 0.307. The average Bonchev–Trinajstić information content (AvgIpc) is 1.67. The first-order valence-corrected chi connectivity index (χ1v) is 2.42. The van der Waals surface area contributed by atoms with Gasteiger partial charge in [-0.2, -0.15) is 0 Å². The predicted molar refractivity (Wildman–Crippen MR) is 28.5 cm³/mol. The van der Waals surface area contributed by atoms with Gasteiger partial charge in [0.05, 0.1) is 0 Å². The average molecular weight is 139 g/mol. The summed E-state index contributed by atoms with van der Waals surface area (Å²) in [6.07, 6.45) is -1.14. The van der Waals surface area contributed by atoms with Crippen LogP contribution in [0.2, 0.25) is 0 Å². The summed E-state index contributed by atoms with van der Waals surface area (Å²) in [7, 11) is 0. The highest BCUT2D eigenvalue weighted by molar-refractivity contribution is 4.67. The van der Waals surface area contributed by atoms with Gasteiger partial charge >= 0.3 is 0 Å². The Morgan fingerprint density at radius 2 is 1.89 bits per heavy atom. The zero-order valence-corrected chi connectivity index (χ0v) is 5.28. The molecule has 0 spiro atoms. The van der Waals surface area contributed by atoms with Crippen LogP contribution in [0.3, 0.4) is 0 Å². The molecule has 9 heavy (non-hydrogen) atoms. The van der Waals surface area contributed by atoms with E-state index >= 15 is 0 Å². The second-order valence-corrected chi connectivity index (χ2v) is 1.80. The molecule has 0 aliphatic rings. The Kier molecular flexibility index (Phi) is 4.83. The summed E-state index contributed by atoms with van der Waals surface area (Å²) >= 11 is 0. The zero-order valence-electron chi connectivity index (χ0n) is 5.28. The van der Waals surface area contributed by atoms with E-state index in [1.165, 1.54) is 6.92 Å². The van der Waals surface area contributed by atoms with E-state index in [4.69, 9.17) is 15.3 Å². The van der Waals surface area contributed by atoms with Gasteiger partial charge in [-0.3, -0.25) is 0 Å². The van der Waals surface area contributed by atoms with Crippen LogP contribution in [0.1, 0.15) is 6.92 Å². The first-order valence-electron chi connectivity index (χ1n) is 2.42. The van der Waals surface area contributed by atoms with Gasteiger partial charge in [-0.25, -0.2) is 0 Å². The lowest BCUT2D eigenvalue weighted by atomic mass is 10.2. The van der Waals surface area contributed by atoms with Crippen LogP contribution in [0, 0.1) is 0 Å². The predicted octanol–water partition coefficient (Wildman–Crippen LogP) is -2.89. The molecule has 0 aromatic rings. The summed E-state index contributed by atoms with van der Waals surface area (Å²) in [5, 5.41) is 25.8. The van der Waals surface area contributed by atoms with Crippen molar-refractivity contribution in [3.05, 3.63) is 0 Å². The van der Waals surface area contributed by atoms with Gasteiger partial charge in [0.15, 0.2) is 0 Å². The van der Waals surface area contributed by atoms with Gasteiger partial charge in [-0.1, -0.05) is 0 Å². The fourth-order valence-electron chi connectivity index (χ4n) is 0.209. The van der Waals surface area contributed by atoms with Gasteiger partial charge in [-0.15, -0.1) is 0 Å². The van der Waals surface area contributed by atoms with Crippen molar-refractivity contribution < 1.29 is 26.5 Å². The third-order valence-corrected chi connectivity index (χ3v) is 1.04. The van der Waals surface area contributed by atoms with E-state index in [1.54, 1.807) is 0 Å². The molecule has 0 saturated heterocycles. The molecule has 1 unspecified atom stereocenters. The minimum Gasteiger partial charge on any atom is -0.870 e. The summed E-state index contributed by atoms with van der Waals surface area (Å²) in [6, 6.07) is 0. The Bertz CT molecular complexity index is 73.0. The largest absolute Gasteiger partial charge is 0.870 e. The van der Waals surface area contributed by atoms with Crippen LogP contribution in [-0.4, -0.2) is 39.2 Å². The topological polar surface area (TPSA) is 118 Å². The standard InChI is InChI=1S/C4H11NO3.H2O/c1-3(6)4(7,8)2-5;/h3,6-8H,2,5H2,1H3;1H2. The molecule has 0 saturated carbocycles. The maximum atomic E-state index is 8.64. The van der Waals surface area contributed by atoms with Gasteiger partial charge < -0.3 is 26.5 Å². The third-order valence-electron chi connectivity index (χ3n) is 1.04. The second kappa shape index (κ2) is 3.76. The zero-order chi connectivity index (χ0) is 6.78. The molecule has 0 aromatic heterocycles. The van der Waals surface area contributed by atoms with Crippen LogP contribution in [0.25, 0.3) is 0 Å². The Balaban J connectivity index is 0. The van der Waals surface area contributed by atoms with Crippen molar-refractivity contribution in [1.82, 2.24) is 0 Å². The normalized spacial score (nSPS) is 14.3. The van der Waals surface area contributed by atoms with E-state index < -0.39 is 11.9 Å². The molecule has 0 bridgehead atoms. The van der Waals surface area contributed by atoms with Crippen LogP contribution >= 0.6 is 0 Å². The maximum absolute atomic E-state index is 8.64. The molecule has 7 N–H and O–H groups in total. The Hall–Kier alpha value is -0.200. The van der Waals surface area contributed by atoms with Crippen LogP contribution < -0.4 is 5.73 Å². The molecule has 0 fully saturated rings. The molecule has 5 heteroatoms. The smallest absolute Gasteiger partial charge is 0.240 e. The maximum Gasteiger partial charge on any atom is 0.240 e. The van der Waals surface area contributed by atoms with E-state index in [-0.39, 0.29) is 12.0 Å². The Morgan fingerprint density at radius 3 is 1.89 bits per heavy atom. The van der Waals surface area contributed by atoms with Gasteiger partial charge in [0, 0.05) is 0 Å². The Morgan fingerprint density at radius 1 is 1.56 bits per heavy atom. The number of aliphatic hydroxyl groups is 3. The molecular weight excluding hydrogens is 126 g/mol. The van der Waals surface area contributed by atoms with Gasteiger partial charge in [0.25, 0.3) is 0 Å². The van der Waals surface area contributed by atoms with Crippen molar-refractivity contribution in [1.29, 1.82) is 0 Å². The molecule has 58 valence electrons. The molecule has 1 atom stereocenters. The van der Waals surface area contributed by atoms with Crippen molar-refractivity contribution in [2.75, 3.05) is 6.54 Å². The SMILES string of the molecule is CC(O)C(O)(O)C[NH3+].[OH-]. The number of quaternary nitrogens is 1. The van der Waals surface area contributed by atoms with Gasteiger partial charge in [-0.05, 0) is 6.92 Å². The van der Waals surface area contributed by atoms with E-state index in [2.05, 4.69) is 5.73 Å². The summed E-state index contributed by atoms with van der Waals surface area (Å²) in [6.45, 7) is 1.19. The van der Waals surface area contributed by atoms with Crippen molar-refractivity contribution in [2.24, 2.45) is 0 Å². The van der Waals surface area contributed by atoms with Crippen molar-refractivity contribution in [3.8, 4) is 0 Å². The number of rotatable bonds is 2.